The van der Waals surface area contributed by atoms with Gasteiger partial charge in [-0.2, -0.15) is 4.31 Å². The van der Waals surface area contributed by atoms with Gasteiger partial charge in [-0.3, -0.25) is 0 Å². The number of benzene rings is 1. The molecule has 0 aromatic heterocycles. The minimum Gasteiger partial charge on any atom is -0.207 e. The lowest BCUT2D eigenvalue weighted by molar-refractivity contribution is 0.477. The molecule has 0 unspecified atom stereocenters. The Morgan fingerprint density at radius 2 is 2.00 bits per heavy atom. The van der Waals surface area contributed by atoms with E-state index in [4.69, 9.17) is 0 Å². The number of hydrogen-bond acceptors (Lipinski definition) is 2. The number of nitrogens with zero attached hydrogens (tertiary/aromatic N) is 1. The lowest BCUT2D eigenvalue weighted by Gasteiger charge is -2.14. The Morgan fingerprint density at radius 1 is 1.29 bits per heavy atom. The van der Waals surface area contributed by atoms with Gasteiger partial charge in [-0.15, -0.1) is 0 Å². The summed E-state index contributed by atoms with van der Waals surface area (Å²) < 4.78 is 25.4. The van der Waals surface area contributed by atoms with Crippen molar-refractivity contribution in [2.45, 2.75) is 17.7 Å². The molecule has 0 spiro atoms. The fourth-order valence-electron chi connectivity index (χ4n) is 1.61. The standard InChI is InChI=1S/C10H12NO2S/c12-14(13,11-8-4-5-9-11)10-6-2-1-3-7-10/h1-2,6-7H,4-5,8-9H2. The van der Waals surface area contributed by atoms with Gasteiger partial charge in [0, 0.05) is 13.1 Å². The van der Waals surface area contributed by atoms with Crippen molar-refractivity contribution in [3.8, 4) is 0 Å². The van der Waals surface area contributed by atoms with Crippen LogP contribution in [0.5, 0.6) is 0 Å². The van der Waals surface area contributed by atoms with E-state index in [0.29, 0.717) is 18.0 Å². The Morgan fingerprint density at radius 3 is 2.57 bits per heavy atom. The highest BCUT2D eigenvalue weighted by atomic mass is 32.2. The zero-order valence-electron chi connectivity index (χ0n) is 7.81. The van der Waals surface area contributed by atoms with Crippen molar-refractivity contribution in [2.24, 2.45) is 0 Å². The van der Waals surface area contributed by atoms with Crippen LogP contribution in [0.25, 0.3) is 0 Å². The largest absolute Gasteiger partial charge is 0.243 e. The first-order valence-electron chi connectivity index (χ1n) is 4.67. The van der Waals surface area contributed by atoms with Crippen molar-refractivity contribution in [3.05, 3.63) is 30.3 Å². The van der Waals surface area contributed by atoms with Gasteiger partial charge in [0.1, 0.15) is 0 Å². The van der Waals surface area contributed by atoms with Crippen molar-refractivity contribution in [2.75, 3.05) is 13.1 Å². The minimum atomic E-state index is -3.24. The molecule has 3 nitrogen and oxygen atoms in total. The van der Waals surface area contributed by atoms with Gasteiger partial charge >= 0.3 is 0 Å². The Hall–Kier alpha value is -0.870. The topological polar surface area (TPSA) is 37.4 Å². The van der Waals surface area contributed by atoms with Gasteiger partial charge in [0.25, 0.3) is 0 Å². The van der Waals surface area contributed by atoms with Crippen LogP contribution in [0, 0.1) is 6.07 Å². The maximum absolute atomic E-state index is 11.9. The third-order valence-electron chi connectivity index (χ3n) is 2.38. The highest BCUT2D eigenvalue weighted by molar-refractivity contribution is 7.89. The zero-order valence-corrected chi connectivity index (χ0v) is 8.63. The highest BCUT2D eigenvalue weighted by Crippen LogP contribution is 2.19. The lowest BCUT2D eigenvalue weighted by Crippen LogP contribution is -2.27. The molecule has 1 aromatic carbocycles. The molecule has 1 radical (unpaired) electrons. The van der Waals surface area contributed by atoms with Gasteiger partial charge in [-0.05, 0) is 31.0 Å². The number of rotatable bonds is 2. The van der Waals surface area contributed by atoms with Crippen LogP contribution in [0.4, 0.5) is 0 Å². The molecule has 0 saturated carbocycles. The molecule has 1 aromatic rings. The van der Waals surface area contributed by atoms with Crippen molar-refractivity contribution in [3.63, 3.8) is 0 Å². The highest BCUT2D eigenvalue weighted by Gasteiger charge is 2.26. The summed E-state index contributed by atoms with van der Waals surface area (Å²) in [7, 11) is -3.24. The molecule has 14 heavy (non-hydrogen) atoms. The average molecular weight is 210 g/mol. The number of hydrogen-bond donors (Lipinski definition) is 0. The third-order valence-corrected chi connectivity index (χ3v) is 4.28. The van der Waals surface area contributed by atoms with Crippen LogP contribution in [0.1, 0.15) is 12.8 Å². The van der Waals surface area contributed by atoms with Crippen LogP contribution in [0.2, 0.25) is 0 Å². The van der Waals surface area contributed by atoms with Crippen LogP contribution in [-0.2, 0) is 10.0 Å². The van der Waals surface area contributed by atoms with Crippen molar-refractivity contribution in [1.29, 1.82) is 0 Å². The van der Waals surface area contributed by atoms with E-state index in [2.05, 4.69) is 6.07 Å². The first kappa shape index (κ1) is 9.68. The SMILES string of the molecule is O=S(=O)(c1c[c]ccc1)N1CCCC1. The van der Waals surface area contributed by atoms with E-state index in [1.54, 1.807) is 18.2 Å². The Kier molecular flexibility index (Phi) is 2.56. The minimum absolute atomic E-state index is 0.349. The molecule has 0 amide bonds. The summed E-state index contributed by atoms with van der Waals surface area (Å²) in [6, 6.07) is 9.32. The van der Waals surface area contributed by atoms with Crippen molar-refractivity contribution < 1.29 is 8.42 Å². The van der Waals surface area contributed by atoms with Crippen LogP contribution in [0.15, 0.2) is 29.2 Å². The van der Waals surface area contributed by atoms with Crippen LogP contribution >= 0.6 is 0 Å². The predicted octanol–water partition coefficient (Wildman–Crippen LogP) is 1.27. The lowest BCUT2D eigenvalue weighted by atomic mass is 10.4. The molecule has 4 heteroatoms. The molecule has 2 rings (SSSR count). The molecular formula is C10H12NO2S. The summed E-state index contributed by atoms with van der Waals surface area (Å²) in [6.07, 6.45) is 1.94. The average Bonchev–Trinajstić information content (AvgIpc) is 2.72. The Bertz CT molecular complexity index is 393. The molecule has 1 fully saturated rings. The van der Waals surface area contributed by atoms with E-state index in [0.717, 1.165) is 12.8 Å². The quantitative estimate of drug-likeness (QED) is 0.737. The molecule has 1 heterocycles. The zero-order chi connectivity index (χ0) is 10.0. The van der Waals surface area contributed by atoms with E-state index in [9.17, 15) is 8.42 Å². The Balaban J connectivity index is 2.33. The molecular weight excluding hydrogens is 198 g/mol. The van der Waals surface area contributed by atoms with E-state index in [1.807, 2.05) is 0 Å². The number of sulfonamides is 1. The third kappa shape index (κ3) is 1.67. The summed E-state index contributed by atoms with van der Waals surface area (Å²) in [5, 5.41) is 0. The summed E-state index contributed by atoms with van der Waals surface area (Å²) in [4.78, 5) is 0.349. The summed E-state index contributed by atoms with van der Waals surface area (Å²) in [5.74, 6) is 0. The maximum Gasteiger partial charge on any atom is 0.243 e. The first-order valence-corrected chi connectivity index (χ1v) is 6.11. The smallest absolute Gasteiger partial charge is 0.207 e. The van der Waals surface area contributed by atoms with Gasteiger partial charge in [0.2, 0.25) is 10.0 Å². The molecule has 1 aliphatic heterocycles. The van der Waals surface area contributed by atoms with Crippen LogP contribution < -0.4 is 0 Å². The predicted molar refractivity (Wildman–Crippen MR) is 53.3 cm³/mol. The molecule has 1 aliphatic rings. The second-order valence-electron chi connectivity index (χ2n) is 3.35. The van der Waals surface area contributed by atoms with E-state index < -0.39 is 10.0 Å². The van der Waals surface area contributed by atoms with Crippen molar-refractivity contribution >= 4 is 10.0 Å². The maximum atomic E-state index is 11.9. The van der Waals surface area contributed by atoms with Gasteiger partial charge in [0.15, 0.2) is 0 Å². The normalized spacial score (nSPS) is 18.6. The summed E-state index contributed by atoms with van der Waals surface area (Å²) >= 11 is 0. The Labute approximate surface area is 84.4 Å². The molecule has 0 atom stereocenters. The van der Waals surface area contributed by atoms with Gasteiger partial charge in [-0.1, -0.05) is 12.1 Å². The van der Waals surface area contributed by atoms with Crippen LogP contribution in [-0.4, -0.2) is 25.8 Å². The molecule has 0 aliphatic carbocycles. The second-order valence-corrected chi connectivity index (χ2v) is 5.29. The summed E-state index contributed by atoms with van der Waals surface area (Å²) in [6.45, 7) is 1.30. The monoisotopic (exact) mass is 210 g/mol. The van der Waals surface area contributed by atoms with Gasteiger partial charge in [0.05, 0.1) is 4.90 Å². The summed E-state index contributed by atoms with van der Waals surface area (Å²) in [5.41, 5.74) is 0. The fraction of sp³-hybridized carbons (Fsp3) is 0.400. The van der Waals surface area contributed by atoms with Crippen LogP contribution in [0.3, 0.4) is 0 Å². The molecule has 0 N–H and O–H groups in total. The van der Waals surface area contributed by atoms with Gasteiger partial charge < -0.3 is 0 Å². The van der Waals surface area contributed by atoms with E-state index in [-0.39, 0.29) is 0 Å². The van der Waals surface area contributed by atoms with E-state index in [1.165, 1.54) is 10.4 Å². The molecule has 0 bridgehead atoms. The molecule has 75 valence electrons. The second kappa shape index (κ2) is 3.71. The van der Waals surface area contributed by atoms with Crippen molar-refractivity contribution in [1.82, 2.24) is 4.31 Å². The molecule has 1 saturated heterocycles. The fourth-order valence-corrected chi connectivity index (χ4v) is 3.12. The van der Waals surface area contributed by atoms with Gasteiger partial charge in [-0.25, -0.2) is 8.42 Å². The van der Waals surface area contributed by atoms with E-state index >= 15 is 0 Å². The first-order chi connectivity index (χ1) is 6.71.